The van der Waals surface area contributed by atoms with Gasteiger partial charge < -0.3 is 5.32 Å². The number of rotatable bonds is 7. The fourth-order valence-electron chi connectivity index (χ4n) is 1.68. The number of amides is 1. The molecule has 1 amide bonds. The Hall–Kier alpha value is -1.27. The summed E-state index contributed by atoms with van der Waals surface area (Å²) < 4.78 is 26.2. The Kier molecular flexibility index (Phi) is 6.48. The van der Waals surface area contributed by atoms with Gasteiger partial charge >= 0.3 is 0 Å². The zero-order valence-corrected chi connectivity index (χ0v) is 14.0. The Morgan fingerprint density at radius 2 is 1.76 bits per heavy atom. The first-order valence-electron chi connectivity index (χ1n) is 6.71. The molecule has 1 atom stereocenters. The van der Waals surface area contributed by atoms with Gasteiger partial charge in [-0.15, -0.1) is 11.6 Å². The molecule has 1 aromatic carbocycles. The summed E-state index contributed by atoms with van der Waals surface area (Å²) in [6, 6.07) is 6.35. The van der Waals surface area contributed by atoms with Crippen molar-refractivity contribution in [1.29, 1.82) is 0 Å². The monoisotopic (exact) mass is 332 g/mol. The van der Waals surface area contributed by atoms with Gasteiger partial charge in [-0.05, 0) is 44.0 Å². The van der Waals surface area contributed by atoms with Crippen LogP contribution in [0, 0.1) is 5.92 Å². The highest BCUT2D eigenvalue weighted by molar-refractivity contribution is 7.92. The Morgan fingerprint density at radius 1 is 1.19 bits per heavy atom. The van der Waals surface area contributed by atoms with Gasteiger partial charge in [-0.3, -0.25) is 9.52 Å². The SMILES string of the molecule is CC(CCl)CS(=O)(=O)Nc1ccc(C(=O)NC(C)C)cc1. The largest absolute Gasteiger partial charge is 0.350 e. The molecule has 0 saturated carbocycles. The van der Waals surface area contributed by atoms with Gasteiger partial charge in [-0.2, -0.15) is 0 Å². The van der Waals surface area contributed by atoms with E-state index in [-0.39, 0.29) is 29.5 Å². The number of carbonyl (C=O) groups is 1. The normalized spacial score (nSPS) is 13.0. The second kappa shape index (κ2) is 7.66. The zero-order valence-electron chi connectivity index (χ0n) is 12.4. The van der Waals surface area contributed by atoms with Crippen molar-refractivity contribution >= 4 is 33.2 Å². The number of anilines is 1. The van der Waals surface area contributed by atoms with Gasteiger partial charge in [0.1, 0.15) is 0 Å². The van der Waals surface area contributed by atoms with Crippen LogP contribution in [-0.4, -0.2) is 32.0 Å². The maximum Gasteiger partial charge on any atom is 0.251 e. The minimum atomic E-state index is -3.43. The molecule has 1 aromatic rings. The number of nitrogens with one attached hydrogen (secondary N) is 2. The second-order valence-corrected chi connectivity index (χ2v) is 7.42. The van der Waals surface area contributed by atoms with E-state index in [9.17, 15) is 13.2 Å². The lowest BCUT2D eigenvalue weighted by atomic mass is 10.2. The van der Waals surface area contributed by atoms with Crippen molar-refractivity contribution in [1.82, 2.24) is 5.32 Å². The van der Waals surface area contributed by atoms with Crippen molar-refractivity contribution in [2.75, 3.05) is 16.4 Å². The van der Waals surface area contributed by atoms with Crippen LogP contribution in [0.5, 0.6) is 0 Å². The van der Waals surface area contributed by atoms with E-state index in [0.29, 0.717) is 11.3 Å². The molecule has 0 fully saturated rings. The molecule has 1 unspecified atom stereocenters. The van der Waals surface area contributed by atoms with Crippen LogP contribution < -0.4 is 10.0 Å². The first-order chi connectivity index (χ1) is 9.73. The fourth-order valence-corrected chi connectivity index (χ4v) is 3.36. The summed E-state index contributed by atoms with van der Waals surface area (Å²) in [7, 11) is -3.43. The highest BCUT2D eigenvalue weighted by atomic mass is 35.5. The number of halogens is 1. The number of hydrogen-bond donors (Lipinski definition) is 2. The summed E-state index contributed by atoms with van der Waals surface area (Å²) in [5, 5.41) is 2.77. The van der Waals surface area contributed by atoms with E-state index in [2.05, 4.69) is 10.0 Å². The summed E-state index contributed by atoms with van der Waals surface area (Å²) in [5.74, 6) is -0.0585. The topological polar surface area (TPSA) is 75.3 Å². The van der Waals surface area contributed by atoms with E-state index in [1.807, 2.05) is 13.8 Å². The molecular formula is C14H21ClN2O3S. The number of alkyl halides is 1. The van der Waals surface area contributed by atoms with Gasteiger partial charge in [0.05, 0.1) is 5.75 Å². The number of sulfonamides is 1. The van der Waals surface area contributed by atoms with E-state index < -0.39 is 10.0 Å². The number of carbonyl (C=O) groups excluding carboxylic acids is 1. The van der Waals surface area contributed by atoms with Crippen LogP contribution in [0.1, 0.15) is 31.1 Å². The second-order valence-electron chi connectivity index (χ2n) is 5.35. The molecule has 0 aliphatic rings. The van der Waals surface area contributed by atoms with Crippen molar-refractivity contribution in [2.24, 2.45) is 5.92 Å². The molecule has 1 rings (SSSR count). The fraction of sp³-hybridized carbons (Fsp3) is 0.500. The minimum Gasteiger partial charge on any atom is -0.350 e. The molecule has 0 aromatic heterocycles. The Morgan fingerprint density at radius 3 is 2.24 bits per heavy atom. The van der Waals surface area contributed by atoms with Gasteiger partial charge in [0.15, 0.2) is 0 Å². The number of hydrogen-bond acceptors (Lipinski definition) is 3. The van der Waals surface area contributed by atoms with Crippen molar-refractivity contribution in [3.05, 3.63) is 29.8 Å². The Balaban J connectivity index is 2.73. The van der Waals surface area contributed by atoms with Gasteiger partial charge in [-0.1, -0.05) is 6.92 Å². The van der Waals surface area contributed by atoms with Crippen molar-refractivity contribution in [2.45, 2.75) is 26.8 Å². The van der Waals surface area contributed by atoms with E-state index in [4.69, 9.17) is 11.6 Å². The maximum atomic E-state index is 11.9. The molecule has 0 saturated heterocycles. The molecule has 7 heteroatoms. The van der Waals surface area contributed by atoms with Crippen LogP contribution in [-0.2, 0) is 10.0 Å². The van der Waals surface area contributed by atoms with E-state index in [1.165, 1.54) is 0 Å². The first kappa shape index (κ1) is 17.8. The van der Waals surface area contributed by atoms with Crippen LogP contribution in [0.4, 0.5) is 5.69 Å². The molecule has 0 heterocycles. The number of benzene rings is 1. The van der Waals surface area contributed by atoms with Gasteiger partial charge in [0.2, 0.25) is 10.0 Å². The maximum absolute atomic E-state index is 11.9. The summed E-state index contributed by atoms with van der Waals surface area (Å²) in [6.45, 7) is 5.52. The quantitative estimate of drug-likeness (QED) is 0.753. The lowest BCUT2D eigenvalue weighted by Crippen LogP contribution is -2.30. The van der Waals surface area contributed by atoms with Gasteiger partial charge in [-0.25, -0.2) is 8.42 Å². The van der Waals surface area contributed by atoms with Crippen LogP contribution in [0.15, 0.2) is 24.3 Å². The first-order valence-corrected chi connectivity index (χ1v) is 8.89. The molecule has 0 spiro atoms. The van der Waals surface area contributed by atoms with Crippen LogP contribution in [0.2, 0.25) is 0 Å². The van der Waals surface area contributed by atoms with E-state index in [0.717, 1.165) is 0 Å². The third-order valence-corrected chi connectivity index (χ3v) is 4.69. The molecule has 0 radical (unpaired) electrons. The molecule has 21 heavy (non-hydrogen) atoms. The van der Waals surface area contributed by atoms with Gasteiger partial charge in [0, 0.05) is 23.2 Å². The average Bonchev–Trinajstić information content (AvgIpc) is 2.37. The van der Waals surface area contributed by atoms with Crippen LogP contribution in [0.3, 0.4) is 0 Å². The minimum absolute atomic E-state index is 0.0356. The standard InChI is InChI=1S/C14H21ClN2O3S/c1-10(2)16-14(18)12-4-6-13(7-5-12)17-21(19,20)9-11(3)8-15/h4-7,10-11,17H,8-9H2,1-3H3,(H,16,18). The summed E-state index contributed by atoms with van der Waals surface area (Å²) in [6.07, 6.45) is 0. The predicted octanol–water partition coefficient (Wildman–Crippen LogP) is 2.44. The smallest absolute Gasteiger partial charge is 0.251 e. The van der Waals surface area contributed by atoms with E-state index >= 15 is 0 Å². The Bertz CT molecular complexity index is 570. The molecule has 0 aliphatic heterocycles. The van der Waals surface area contributed by atoms with Crippen molar-refractivity contribution in [3.63, 3.8) is 0 Å². The van der Waals surface area contributed by atoms with Gasteiger partial charge in [0.25, 0.3) is 5.91 Å². The molecule has 5 nitrogen and oxygen atoms in total. The highest BCUT2D eigenvalue weighted by Crippen LogP contribution is 2.13. The van der Waals surface area contributed by atoms with Crippen LogP contribution >= 0.6 is 11.6 Å². The third kappa shape index (κ3) is 6.35. The molecule has 0 bridgehead atoms. The predicted molar refractivity (Wildman–Crippen MR) is 86.3 cm³/mol. The third-order valence-electron chi connectivity index (χ3n) is 2.61. The summed E-state index contributed by atoms with van der Waals surface area (Å²) in [5.41, 5.74) is 0.915. The molecule has 2 N–H and O–H groups in total. The highest BCUT2D eigenvalue weighted by Gasteiger charge is 2.15. The summed E-state index contributed by atoms with van der Waals surface area (Å²) >= 11 is 5.62. The lowest BCUT2D eigenvalue weighted by molar-refractivity contribution is 0.0943. The van der Waals surface area contributed by atoms with Crippen molar-refractivity contribution in [3.8, 4) is 0 Å². The zero-order chi connectivity index (χ0) is 16.0. The van der Waals surface area contributed by atoms with E-state index in [1.54, 1.807) is 31.2 Å². The average molecular weight is 333 g/mol. The van der Waals surface area contributed by atoms with Crippen molar-refractivity contribution < 1.29 is 13.2 Å². The molecule has 0 aliphatic carbocycles. The van der Waals surface area contributed by atoms with Crippen LogP contribution in [0.25, 0.3) is 0 Å². The summed E-state index contributed by atoms with van der Waals surface area (Å²) in [4.78, 5) is 11.8. The molecule has 118 valence electrons. The molecular weight excluding hydrogens is 312 g/mol. The Labute approximate surface area is 131 Å². The lowest BCUT2D eigenvalue weighted by Gasteiger charge is -2.12.